The van der Waals surface area contributed by atoms with E-state index in [4.69, 9.17) is 32.0 Å². The summed E-state index contributed by atoms with van der Waals surface area (Å²) in [6.07, 6.45) is 0. The Balaban J connectivity index is 2.33. The van der Waals surface area contributed by atoms with Gasteiger partial charge in [0, 0.05) is 0 Å². The third kappa shape index (κ3) is 3.14. The van der Waals surface area contributed by atoms with E-state index in [2.05, 4.69) is 0 Å². The standard InChI is InChI=1S/C14H14Cl2O2P/c1-17-11-3-7-13(8-4-11)19(15,16)14-9-5-12(18-2)6-10-14/h3-10H,1-2H3/q+1. The van der Waals surface area contributed by atoms with Crippen molar-refractivity contribution in [2.24, 2.45) is 0 Å². The first kappa shape index (κ1) is 14.5. The molecule has 0 saturated carbocycles. The fourth-order valence-corrected chi connectivity index (χ4v) is 4.39. The fraction of sp³-hybridized carbons (Fsp3) is 0.143. The lowest BCUT2D eigenvalue weighted by Gasteiger charge is -2.11. The molecule has 0 bridgehead atoms. The lowest BCUT2D eigenvalue weighted by atomic mass is 10.3. The van der Waals surface area contributed by atoms with Gasteiger partial charge in [0.25, 0.3) is 5.97 Å². The van der Waals surface area contributed by atoms with E-state index < -0.39 is 5.97 Å². The summed E-state index contributed by atoms with van der Waals surface area (Å²) >= 11 is 13.1. The highest BCUT2D eigenvalue weighted by Crippen LogP contribution is 2.66. The number of benzene rings is 2. The average Bonchev–Trinajstić information content (AvgIpc) is 2.47. The van der Waals surface area contributed by atoms with Crippen molar-refractivity contribution in [1.29, 1.82) is 0 Å². The zero-order valence-corrected chi connectivity index (χ0v) is 13.0. The van der Waals surface area contributed by atoms with Crippen LogP contribution in [0, 0.1) is 0 Å². The van der Waals surface area contributed by atoms with Gasteiger partial charge in [0.2, 0.25) is 0 Å². The predicted octanol–water partition coefficient (Wildman–Crippen LogP) is 3.98. The Bertz CT molecular complexity index is 489. The molecule has 19 heavy (non-hydrogen) atoms. The van der Waals surface area contributed by atoms with E-state index >= 15 is 0 Å². The summed E-state index contributed by atoms with van der Waals surface area (Å²) in [5, 5.41) is 1.81. The smallest absolute Gasteiger partial charge is 0.275 e. The molecule has 0 unspecified atom stereocenters. The van der Waals surface area contributed by atoms with E-state index in [1.165, 1.54) is 0 Å². The average molecular weight is 316 g/mol. The minimum Gasteiger partial charge on any atom is -0.497 e. The molecule has 2 aromatic carbocycles. The highest BCUT2D eigenvalue weighted by atomic mass is 35.9. The largest absolute Gasteiger partial charge is 0.497 e. The van der Waals surface area contributed by atoms with Crippen LogP contribution in [0.3, 0.4) is 0 Å². The molecule has 0 spiro atoms. The predicted molar refractivity (Wildman–Crippen MR) is 83.9 cm³/mol. The fourth-order valence-electron chi connectivity index (χ4n) is 1.69. The van der Waals surface area contributed by atoms with E-state index in [1.807, 2.05) is 48.5 Å². The summed E-state index contributed by atoms with van der Waals surface area (Å²) in [5.41, 5.74) is 0. The van der Waals surface area contributed by atoms with Crippen LogP contribution >= 0.6 is 28.4 Å². The first-order valence-electron chi connectivity index (χ1n) is 5.65. The summed E-state index contributed by atoms with van der Waals surface area (Å²) in [4.78, 5) is 0. The number of halogens is 2. The maximum absolute atomic E-state index is 6.57. The molecule has 5 heteroatoms. The maximum Gasteiger partial charge on any atom is 0.275 e. The van der Waals surface area contributed by atoms with Gasteiger partial charge in [0.15, 0.2) is 0 Å². The molecule has 0 aliphatic heterocycles. The number of hydrogen-bond acceptors (Lipinski definition) is 2. The number of ether oxygens (including phenoxy) is 2. The molecule has 0 heterocycles. The van der Waals surface area contributed by atoms with Crippen LogP contribution in [0.25, 0.3) is 0 Å². The molecule has 2 nitrogen and oxygen atoms in total. The molecule has 2 rings (SSSR count). The molecule has 0 fully saturated rings. The third-order valence-electron chi connectivity index (χ3n) is 2.79. The second kappa shape index (κ2) is 6.00. The van der Waals surface area contributed by atoms with Crippen molar-refractivity contribution >= 4 is 39.1 Å². The second-order valence-corrected chi connectivity index (χ2v) is 9.53. The molecule has 0 aliphatic carbocycles. The molecule has 2 aromatic rings. The van der Waals surface area contributed by atoms with E-state index in [9.17, 15) is 0 Å². The Labute approximate surface area is 123 Å². The number of rotatable bonds is 4. The highest BCUT2D eigenvalue weighted by Gasteiger charge is 2.41. The Kier molecular flexibility index (Phi) is 4.57. The summed E-state index contributed by atoms with van der Waals surface area (Å²) in [6.45, 7) is 0. The van der Waals surface area contributed by atoms with Gasteiger partial charge >= 0.3 is 0 Å². The second-order valence-electron chi connectivity index (χ2n) is 3.91. The van der Waals surface area contributed by atoms with E-state index in [0.29, 0.717) is 0 Å². The molecular weight excluding hydrogens is 302 g/mol. The Hall–Kier alpha value is -0.950. The van der Waals surface area contributed by atoms with Gasteiger partial charge in [-0.1, -0.05) is 0 Å². The van der Waals surface area contributed by atoms with E-state index in [0.717, 1.165) is 22.1 Å². The maximum atomic E-state index is 6.57. The third-order valence-corrected chi connectivity index (χ3v) is 7.03. The van der Waals surface area contributed by atoms with Crippen molar-refractivity contribution in [3.8, 4) is 11.5 Å². The van der Waals surface area contributed by atoms with Gasteiger partial charge in [-0.05, 0) is 48.5 Å². The van der Waals surface area contributed by atoms with Gasteiger partial charge in [-0.3, -0.25) is 0 Å². The summed E-state index contributed by atoms with van der Waals surface area (Å²) in [7, 11) is 3.25. The van der Waals surface area contributed by atoms with Gasteiger partial charge in [0.05, 0.1) is 14.2 Å². The molecule has 0 aliphatic rings. The minimum absolute atomic E-state index is 0.784. The molecule has 100 valence electrons. The Morgan fingerprint density at radius 2 is 1.00 bits per heavy atom. The molecule has 0 amide bonds. The van der Waals surface area contributed by atoms with Crippen molar-refractivity contribution in [2.75, 3.05) is 14.2 Å². The van der Waals surface area contributed by atoms with Crippen LogP contribution in [0.15, 0.2) is 48.5 Å². The van der Waals surface area contributed by atoms with Crippen LogP contribution < -0.4 is 20.1 Å². The van der Waals surface area contributed by atoms with Crippen LogP contribution in [0.2, 0.25) is 0 Å². The number of hydrogen-bond donors (Lipinski definition) is 0. The van der Waals surface area contributed by atoms with Crippen LogP contribution in [-0.2, 0) is 0 Å². The van der Waals surface area contributed by atoms with Crippen molar-refractivity contribution in [1.82, 2.24) is 0 Å². The zero-order chi connectivity index (χ0) is 13.9. The van der Waals surface area contributed by atoms with Gasteiger partial charge in [-0.2, -0.15) is 0 Å². The summed E-state index contributed by atoms with van der Waals surface area (Å²) in [6, 6.07) is 15.0. The SMILES string of the molecule is COc1ccc([P+](Cl)(Cl)c2ccc(OC)cc2)cc1. The van der Waals surface area contributed by atoms with Crippen molar-refractivity contribution in [2.45, 2.75) is 0 Å². The van der Waals surface area contributed by atoms with Crippen LogP contribution in [0.1, 0.15) is 0 Å². The van der Waals surface area contributed by atoms with Crippen LogP contribution in [-0.4, -0.2) is 14.2 Å². The van der Waals surface area contributed by atoms with Crippen molar-refractivity contribution in [3.63, 3.8) is 0 Å². The van der Waals surface area contributed by atoms with E-state index in [1.54, 1.807) is 14.2 Å². The molecular formula is C14H14Cl2O2P+. The van der Waals surface area contributed by atoms with E-state index in [-0.39, 0.29) is 0 Å². The lowest BCUT2D eigenvalue weighted by molar-refractivity contribution is 0.415. The van der Waals surface area contributed by atoms with Crippen molar-refractivity contribution < 1.29 is 9.47 Å². The summed E-state index contributed by atoms with van der Waals surface area (Å²) < 4.78 is 10.3. The molecule has 0 aromatic heterocycles. The first-order chi connectivity index (χ1) is 9.07. The monoisotopic (exact) mass is 315 g/mol. The first-order valence-corrected chi connectivity index (χ1v) is 9.25. The Morgan fingerprint density at radius 3 is 1.26 bits per heavy atom. The van der Waals surface area contributed by atoms with Gasteiger partial charge < -0.3 is 9.47 Å². The highest BCUT2D eigenvalue weighted by molar-refractivity contribution is 8.26. The molecule has 0 radical (unpaired) electrons. The molecule has 0 saturated heterocycles. The quantitative estimate of drug-likeness (QED) is 0.795. The van der Waals surface area contributed by atoms with Gasteiger partial charge in [-0.15, -0.1) is 0 Å². The molecule has 0 N–H and O–H groups in total. The van der Waals surface area contributed by atoms with Gasteiger partial charge in [-0.25, -0.2) is 0 Å². The Morgan fingerprint density at radius 1 is 0.684 bits per heavy atom. The van der Waals surface area contributed by atoms with Crippen molar-refractivity contribution in [3.05, 3.63) is 48.5 Å². The zero-order valence-electron chi connectivity index (χ0n) is 10.6. The number of methoxy groups -OCH3 is 2. The molecule has 0 atom stereocenters. The van der Waals surface area contributed by atoms with Crippen LogP contribution in [0.5, 0.6) is 11.5 Å². The normalized spacial score (nSPS) is 11.2. The topological polar surface area (TPSA) is 18.5 Å². The summed E-state index contributed by atoms with van der Waals surface area (Å²) in [5.74, 6) is -0.806. The minimum atomic E-state index is -2.37. The van der Waals surface area contributed by atoms with Gasteiger partial charge in [0.1, 0.15) is 44.6 Å². The van der Waals surface area contributed by atoms with Crippen LogP contribution in [0.4, 0.5) is 0 Å². The lowest BCUT2D eigenvalue weighted by Crippen LogP contribution is -2.13.